The second-order valence-electron chi connectivity index (χ2n) is 10.4. The third-order valence-corrected chi connectivity index (χ3v) is 7.07. The van der Waals surface area contributed by atoms with E-state index in [9.17, 15) is 40.7 Å². The Bertz CT molecular complexity index is 1520. The molecule has 3 amide bonds. The zero-order valence-electron chi connectivity index (χ0n) is 23.4. The first-order valence-corrected chi connectivity index (χ1v) is 13.5. The van der Waals surface area contributed by atoms with Crippen LogP contribution in [0.4, 0.5) is 26.3 Å². The van der Waals surface area contributed by atoms with Crippen molar-refractivity contribution in [2.24, 2.45) is 5.73 Å². The molecule has 2 heterocycles. The van der Waals surface area contributed by atoms with E-state index in [1.165, 1.54) is 11.8 Å². The van der Waals surface area contributed by atoms with Crippen LogP contribution in [0.3, 0.4) is 0 Å². The minimum atomic E-state index is -4.74. The first kappa shape index (κ1) is 32.4. The molecule has 4 N–H and O–H groups in total. The van der Waals surface area contributed by atoms with Crippen molar-refractivity contribution in [3.05, 3.63) is 82.7 Å². The highest BCUT2D eigenvalue weighted by atomic mass is 19.4. The third-order valence-electron chi connectivity index (χ3n) is 7.07. The van der Waals surface area contributed by atoms with E-state index in [2.05, 4.69) is 20.8 Å². The standard InChI is InChI=1S/C28H29F6N7O3/c1-15(36-26(44)22(35)9-16-5-3-2-4-6-16)25(43)37-18(10-17-11-20(30)21(31)13-19(17)29)12-24(42)40-7-8-41-23(14-40)38-39-27(41)28(32,33)34/h2-6,11,13,15,18,22H,7-10,12,14,35H2,1H3,(H,36,44)(H,37,43)/t15?,18-,22?/m1/s1. The molecule has 10 nitrogen and oxygen atoms in total. The van der Waals surface area contributed by atoms with E-state index >= 15 is 0 Å². The number of benzene rings is 2. The Morgan fingerprint density at radius 3 is 2.30 bits per heavy atom. The number of halogens is 6. The van der Waals surface area contributed by atoms with Gasteiger partial charge in [-0.3, -0.25) is 14.4 Å². The summed E-state index contributed by atoms with van der Waals surface area (Å²) in [4.78, 5) is 40.0. The molecule has 3 atom stereocenters. The molecule has 0 bridgehead atoms. The number of alkyl halides is 3. The predicted octanol–water partition coefficient (Wildman–Crippen LogP) is 2.25. The van der Waals surface area contributed by atoms with Gasteiger partial charge in [0.1, 0.15) is 11.9 Å². The van der Waals surface area contributed by atoms with Crippen molar-refractivity contribution in [2.75, 3.05) is 6.54 Å². The summed E-state index contributed by atoms with van der Waals surface area (Å²) < 4.78 is 82.3. The fourth-order valence-electron chi connectivity index (χ4n) is 4.75. The molecule has 0 aliphatic carbocycles. The molecule has 44 heavy (non-hydrogen) atoms. The van der Waals surface area contributed by atoms with Crippen LogP contribution in [-0.2, 0) is 46.5 Å². The van der Waals surface area contributed by atoms with E-state index in [0.29, 0.717) is 12.1 Å². The first-order valence-electron chi connectivity index (χ1n) is 13.5. The maximum Gasteiger partial charge on any atom is 0.451 e. The molecule has 3 aromatic rings. The molecule has 0 radical (unpaired) electrons. The topological polar surface area (TPSA) is 135 Å². The number of carbonyl (C=O) groups excluding carboxylic acids is 3. The van der Waals surface area contributed by atoms with E-state index in [1.54, 1.807) is 30.3 Å². The summed E-state index contributed by atoms with van der Waals surface area (Å²) in [7, 11) is 0. The number of nitrogens with one attached hydrogen (secondary N) is 2. The third kappa shape index (κ3) is 7.92. The van der Waals surface area contributed by atoms with Crippen LogP contribution < -0.4 is 16.4 Å². The molecular weight excluding hydrogens is 596 g/mol. The average molecular weight is 626 g/mol. The lowest BCUT2D eigenvalue weighted by Gasteiger charge is -2.30. The van der Waals surface area contributed by atoms with Gasteiger partial charge in [-0.1, -0.05) is 30.3 Å². The Hall–Kier alpha value is -4.47. The lowest BCUT2D eigenvalue weighted by Crippen LogP contribution is -2.53. The smallest absolute Gasteiger partial charge is 0.351 e. The number of hydrogen-bond acceptors (Lipinski definition) is 6. The van der Waals surface area contributed by atoms with Crippen molar-refractivity contribution >= 4 is 17.7 Å². The van der Waals surface area contributed by atoms with Crippen LogP contribution in [0.2, 0.25) is 0 Å². The van der Waals surface area contributed by atoms with Gasteiger partial charge in [0.25, 0.3) is 0 Å². The number of rotatable bonds is 10. The number of nitrogens with two attached hydrogens (primary N) is 1. The minimum Gasteiger partial charge on any atom is -0.351 e. The van der Waals surface area contributed by atoms with Gasteiger partial charge < -0.3 is 25.8 Å². The van der Waals surface area contributed by atoms with Gasteiger partial charge in [-0.2, -0.15) is 13.2 Å². The van der Waals surface area contributed by atoms with Crippen molar-refractivity contribution in [3.63, 3.8) is 0 Å². The van der Waals surface area contributed by atoms with Crippen LogP contribution >= 0.6 is 0 Å². The molecule has 4 rings (SSSR count). The predicted molar refractivity (Wildman–Crippen MR) is 143 cm³/mol. The molecular formula is C28H29F6N7O3. The van der Waals surface area contributed by atoms with Crippen LogP contribution in [0.5, 0.6) is 0 Å². The average Bonchev–Trinajstić information content (AvgIpc) is 3.40. The Morgan fingerprint density at radius 1 is 0.932 bits per heavy atom. The number of amides is 3. The van der Waals surface area contributed by atoms with Gasteiger partial charge >= 0.3 is 6.18 Å². The van der Waals surface area contributed by atoms with Gasteiger partial charge in [0.2, 0.25) is 23.5 Å². The molecule has 2 unspecified atom stereocenters. The van der Waals surface area contributed by atoms with E-state index in [0.717, 1.165) is 10.1 Å². The van der Waals surface area contributed by atoms with Gasteiger partial charge in [0, 0.05) is 31.6 Å². The number of hydrogen-bond donors (Lipinski definition) is 3. The highest BCUT2D eigenvalue weighted by molar-refractivity contribution is 5.90. The quantitative estimate of drug-likeness (QED) is 0.234. The van der Waals surface area contributed by atoms with Crippen molar-refractivity contribution in [2.45, 2.75) is 63.6 Å². The Labute approximate surface area is 247 Å². The number of nitrogens with zero attached hydrogens (tertiary/aromatic N) is 4. The van der Waals surface area contributed by atoms with Crippen LogP contribution in [-0.4, -0.2) is 62.1 Å². The second kappa shape index (κ2) is 13.4. The normalized spacial score (nSPS) is 15.2. The second-order valence-corrected chi connectivity index (χ2v) is 10.4. The summed E-state index contributed by atoms with van der Waals surface area (Å²) in [6.45, 7) is 0.659. The summed E-state index contributed by atoms with van der Waals surface area (Å²) in [5.41, 5.74) is 6.44. The molecule has 1 aliphatic rings. The largest absolute Gasteiger partial charge is 0.451 e. The fraction of sp³-hybridized carbons (Fsp3) is 0.393. The first-order chi connectivity index (χ1) is 20.7. The Morgan fingerprint density at radius 2 is 1.61 bits per heavy atom. The van der Waals surface area contributed by atoms with Gasteiger partial charge in [-0.05, 0) is 37.0 Å². The van der Waals surface area contributed by atoms with Crippen molar-refractivity contribution < 1.29 is 40.7 Å². The molecule has 0 saturated heterocycles. The molecule has 16 heteroatoms. The van der Waals surface area contributed by atoms with Crippen molar-refractivity contribution in [3.8, 4) is 0 Å². The molecule has 1 aromatic heterocycles. The minimum absolute atomic E-state index is 0.104. The maximum absolute atomic E-state index is 14.5. The highest BCUT2D eigenvalue weighted by Gasteiger charge is 2.40. The van der Waals surface area contributed by atoms with Gasteiger partial charge in [-0.15, -0.1) is 10.2 Å². The molecule has 1 aliphatic heterocycles. The summed E-state index contributed by atoms with van der Waals surface area (Å²) in [6, 6.07) is 6.53. The van der Waals surface area contributed by atoms with Crippen LogP contribution in [0.25, 0.3) is 0 Å². The summed E-state index contributed by atoms with van der Waals surface area (Å²) >= 11 is 0. The molecule has 0 fully saturated rings. The van der Waals surface area contributed by atoms with Crippen LogP contribution in [0.1, 0.15) is 36.1 Å². The van der Waals surface area contributed by atoms with E-state index in [4.69, 9.17) is 5.73 Å². The number of carbonyl (C=O) groups is 3. The molecule has 2 aromatic carbocycles. The summed E-state index contributed by atoms with van der Waals surface area (Å²) in [5.74, 6) is -7.24. The molecule has 236 valence electrons. The van der Waals surface area contributed by atoms with Gasteiger partial charge in [0.05, 0.1) is 12.6 Å². The SMILES string of the molecule is CC(NC(=O)C(N)Cc1ccccc1)C(=O)N[C@@H](CC(=O)N1CCn2c(nnc2C(F)(F)F)C1)Cc1cc(F)c(F)cc1F. The number of aromatic nitrogens is 3. The lowest BCUT2D eigenvalue weighted by molar-refractivity contribution is -0.148. The maximum atomic E-state index is 14.5. The van der Waals surface area contributed by atoms with Crippen molar-refractivity contribution in [1.82, 2.24) is 30.3 Å². The zero-order valence-corrected chi connectivity index (χ0v) is 23.4. The monoisotopic (exact) mass is 625 g/mol. The molecule has 0 saturated carbocycles. The highest BCUT2D eigenvalue weighted by Crippen LogP contribution is 2.29. The Kier molecular flexibility index (Phi) is 9.91. The summed E-state index contributed by atoms with van der Waals surface area (Å²) in [6.07, 6.45) is -5.48. The zero-order chi connectivity index (χ0) is 32.2. The van der Waals surface area contributed by atoms with E-state index < -0.39 is 78.1 Å². The molecule has 0 spiro atoms. The van der Waals surface area contributed by atoms with Crippen molar-refractivity contribution in [1.29, 1.82) is 0 Å². The number of fused-ring (bicyclic) bond motifs is 1. The lowest BCUT2D eigenvalue weighted by atomic mass is 10.0. The fourth-order valence-corrected chi connectivity index (χ4v) is 4.75. The summed E-state index contributed by atoms with van der Waals surface area (Å²) in [5, 5.41) is 11.7. The van der Waals surface area contributed by atoms with E-state index in [-0.39, 0.29) is 37.4 Å². The van der Waals surface area contributed by atoms with Gasteiger partial charge in [-0.25, -0.2) is 13.2 Å². The van der Waals surface area contributed by atoms with E-state index in [1.807, 2.05) is 0 Å². The van der Waals surface area contributed by atoms with Gasteiger partial charge in [0.15, 0.2) is 17.5 Å². The Balaban J connectivity index is 1.45. The van der Waals surface area contributed by atoms with Crippen LogP contribution in [0, 0.1) is 17.5 Å². The van der Waals surface area contributed by atoms with Crippen LogP contribution in [0.15, 0.2) is 42.5 Å².